The zero-order valence-corrected chi connectivity index (χ0v) is 13.2. The van der Waals surface area contributed by atoms with Crippen molar-refractivity contribution < 1.29 is 8.42 Å². The summed E-state index contributed by atoms with van der Waals surface area (Å²) in [6.45, 7) is 6.90. The van der Waals surface area contributed by atoms with Crippen LogP contribution in [0.15, 0.2) is 0 Å². The molecule has 1 unspecified atom stereocenters. The van der Waals surface area contributed by atoms with Gasteiger partial charge < -0.3 is 5.32 Å². The molecule has 1 fully saturated rings. The van der Waals surface area contributed by atoms with Gasteiger partial charge in [-0.05, 0) is 25.8 Å². The molecule has 0 bridgehead atoms. The van der Waals surface area contributed by atoms with E-state index >= 15 is 0 Å². The van der Waals surface area contributed by atoms with Gasteiger partial charge in [-0.1, -0.05) is 13.8 Å². The van der Waals surface area contributed by atoms with Crippen LogP contribution < -0.4 is 5.32 Å². The van der Waals surface area contributed by atoms with Gasteiger partial charge >= 0.3 is 0 Å². The van der Waals surface area contributed by atoms with Crippen molar-refractivity contribution in [2.75, 3.05) is 33.2 Å². The van der Waals surface area contributed by atoms with Gasteiger partial charge in [-0.25, -0.2) is 0 Å². The van der Waals surface area contributed by atoms with Crippen LogP contribution in [-0.2, 0) is 10.2 Å². The van der Waals surface area contributed by atoms with Crippen molar-refractivity contribution in [3.8, 4) is 0 Å². The Hall–Kier alpha value is 0.120. The molecule has 18 heavy (non-hydrogen) atoms. The lowest BCUT2D eigenvalue weighted by atomic mass is 10.2. The molecule has 7 heteroatoms. The zero-order valence-electron chi connectivity index (χ0n) is 11.6. The lowest BCUT2D eigenvalue weighted by Crippen LogP contribution is -2.48. The molecule has 0 aromatic heterocycles. The highest BCUT2D eigenvalue weighted by atomic mass is 35.5. The van der Waals surface area contributed by atoms with Gasteiger partial charge in [0.05, 0.1) is 0 Å². The number of nitrogens with zero attached hydrogens (tertiary/aromatic N) is 2. The first-order valence-corrected chi connectivity index (χ1v) is 7.87. The van der Waals surface area contributed by atoms with Gasteiger partial charge in [0.1, 0.15) is 0 Å². The molecule has 1 aliphatic rings. The Bertz CT molecular complexity index is 318. The molecule has 0 aliphatic carbocycles. The van der Waals surface area contributed by atoms with E-state index in [1.54, 1.807) is 11.4 Å². The Morgan fingerprint density at radius 3 is 2.28 bits per heavy atom. The maximum Gasteiger partial charge on any atom is 0.282 e. The molecule has 1 N–H and O–H groups in total. The average molecular weight is 300 g/mol. The van der Waals surface area contributed by atoms with Crippen LogP contribution in [0.2, 0.25) is 0 Å². The second-order valence-corrected chi connectivity index (χ2v) is 6.57. The molecule has 0 spiro atoms. The van der Waals surface area contributed by atoms with Crippen LogP contribution in [-0.4, -0.2) is 56.3 Å². The van der Waals surface area contributed by atoms with Gasteiger partial charge in [0.15, 0.2) is 0 Å². The quantitative estimate of drug-likeness (QED) is 0.765. The standard InChI is InChI=1S/C11H25N3O2S.ClH/c1-4-8-13(3)17(15,16)14(9-5-2)11-6-7-12-10-11;/h11-12H,4-10H2,1-3H3;1H. The van der Waals surface area contributed by atoms with Crippen molar-refractivity contribution in [1.82, 2.24) is 13.9 Å². The number of rotatable bonds is 7. The van der Waals surface area contributed by atoms with Crippen LogP contribution in [0, 0.1) is 0 Å². The summed E-state index contributed by atoms with van der Waals surface area (Å²) in [6.07, 6.45) is 2.62. The largest absolute Gasteiger partial charge is 0.315 e. The molecule has 1 aliphatic heterocycles. The SMILES string of the molecule is CCCN(C)S(=O)(=O)N(CCC)C1CCNC1.Cl. The highest BCUT2D eigenvalue weighted by Crippen LogP contribution is 2.16. The van der Waals surface area contributed by atoms with Gasteiger partial charge in [0.25, 0.3) is 10.2 Å². The molecule has 110 valence electrons. The first kappa shape index (κ1) is 18.1. The normalized spacial score (nSPS) is 20.4. The minimum absolute atomic E-state index is 0. The van der Waals surface area contributed by atoms with E-state index in [0.29, 0.717) is 13.1 Å². The maximum absolute atomic E-state index is 12.4. The summed E-state index contributed by atoms with van der Waals surface area (Å²) in [5.74, 6) is 0. The summed E-state index contributed by atoms with van der Waals surface area (Å²) in [4.78, 5) is 0. The second-order valence-electron chi connectivity index (χ2n) is 4.59. The molecule has 1 rings (SSSR count). The molecule has 0 amide bonds. The monoisotopic (exact) mass is 299 g/mol. The fourth-order valence-corrected chi connectivity index (χ4v) is 3.94. The predicted octanol–water partition coefficient (Wildman–Crippen LogP) is 1.07. The minimum Gasteiger partial charge on any atom is -0.315 e. The summed E-state index contributed by atoms with van der Waals surface area (Å²) >= 11 is 0. The minimum atomic E-state index is -3.28. The Kier molecular flexibility index (Phi) is 8.38. The molecular weight excluding hydrogens is 274 g/mol. The summed E-state index contributed by atoms with van der Waals surface area (Å²) in [5.41, 5.74) is 0. The van der Waals surface area contributed by atoms with E-state index in [1.165, 1.54) is 4.31 Å². The third-order valence-electron chi connectivity index (χ3n) is 3.11. The molecular formula is C11H26ClN3O2S. The van der Waals surface area contributed by atoms with E-state index in [-0.39, 0.29) is 18.4 Å². The molecule has 0 aromatic rings. The number of nitrogens with one attached hydrogen (secondary N) is 1. The summed E-state index contributed by atoms with van der Waals surface area (Å²) in [7, 11) is -1.61. The van der Waals surface area contributed by atoms with E-state index in [9.17, 15) is 8.42 Å². The molecule has 0 aromatic carbocycles. The van der Waals surface area contributed by atoms with Crippen molar-refractivity contribution >= 4 is 22.6 Å². The lowest BCUT2D eigenvalue weighted by molar-refractivity contribution is 0.304. The van der Waals surface area contributed by atoms with Gasteiger partial charge in [-0.2, -0.15) is 17.0 Å². The highest BCUT2D eigenvalue weighted by Gasteiger charge is 2.33. The van der Waals surface area contributed by atoms with E-state index in [0.717, 1.165) is 32.4 Å². The number of hydrogen-bond acceptors (Lipinski definition) is 3. The Morgan fingerprint density at radius 1 is 1.22 bits per heavy atom. The third-order valence-corrected chi connectivity index (χ3v) is 5.16. The molecule has 1 atom stereocenters. The third kappa shape index (κ3) is 4.35. The van der Waals surface area contributed by atoms with Crippen LogP contribution in [0.5, 0.6) is 0 Å². The molecule has 0 saturated carbocycles. The van der Waals surface area contributed by atoms with Crippen molar-refractivity contribution in [2.45, 2.75) is 39.2 Å². The Labute approximate surface area is 118 Å². The molecule has 1 saturated heterocycles. The van der Waals surface area contributed by atoms with E-state index < -0.39 is 10.2 Å². The van der Waals surface area contributed by atoms with Gasteiger partial charge in [0.2, 0.25) is 0 Å². The van der Waals surface area contributed by atoms with Gasteiger partial charge in [-0.3, -0.25) is 0 Å². The smallest absolute Gasteiger partial charge is 0.282 e. The van der Waals surface area contributed by atoms with Crippen molar-refractivity contribution in [3.63, 3.8) is 0 Å². The maximum atomic E-state index is 12.4. The van der Waals surface area contributed by atoms with Crippen LogP contribution in [0.1, 0.15) is 33.1 Å². The van der Waals surface area contributed by atoms with Gasteiger partial charge in [0, 0.05) is 32.7 Å². The van der Waals surface area contributed by atoms with Crippen LogP contribution in [0.3, 0.4) is 0 Å². The average Bonchev–Trinajstić information content (AvgIpc) is 2.79. The number of hydrogen-bond donors (Lipinski definition) is 1. The topological polar surface area (TPSA) is 52.7 Å². The predicted molar refractivity (Wildman–Crippen MR) is 77.4 cm³/mol. The van der Waals surface area contributed by atoms with Crippen molar-refractivity contribution in [3.05, 3.63) is 0 Å². The zero-order chi connectivity index (χ0) is 12.9. The Balaban J connectivity index is 0.00000289. The first-order chi connectivity index (χ1) is 8.04. The molecule has 0 radical (unpaired) electrons. The Morgan fingerprint density at radius 2 is 1.83 bits per heavy atom. The second kappa shape index (κ2) is 8.32. The van der Waals surface area contributed by atoms with Crippen LogP contribution in [0.4, 0.5) is 0 Å². The fourth-order valence-electron chi connectivity index (χ4n) is 2.20. The number of halogens is 1. The van der Waals surface area contributed by atoms with E-state index in [1.807, 2.05) is 13.8 Å². The molecule has 1 heterocycles. The van der Waals surface area contributed by atoms with Gasteiger partial charge in [-0.15, -0.1) is 12.4 Å². The highest BCUT2D eigenvalue weighted by molar-refractivity contribution is 7.86. The van der Waals surface area contributed by atoms with Crippen molar-refractivity contribution in [2.24, 2.45) is 0 Å². The molecule has 5 nitrogen and oxygen atoms in total. The van der Waals surface area contributed by atoms with E-state index in [4.69, 9.17) is 0 Å². The lowest BCUT2D eigenvalue weighted by Gasteiger charge is -2.31. The first-order valence-electron chi connectivity index (χ1n) is 6.47. The summed E-state index contributed by atoms with van der Waals surface area (Å²) in [5, 5.41) is 3.23. The van der Waals surface area contributed by atoms with E-state index in [2.05, 4.69) is 5.32 Å². The summed E-state index contributed by atoms with van der Waals surface area (Å²) < 4.78 is 28.0. The van der Waals surface area contributed by atoms with Crippen LogP contribution >= 0.6 is 12.4 Å². The summed E-state index contributed by atoms with van der Waals surface area (Å²) in [6, 6.07) is 0.124. The van der Waals surface area contributed by atoms with Crippen molar-refractivity contribution in [1.29, 1.82) is 0 Å². The van der Waals surface area contributed by atoms with Crippen LogP contribution in [0.25, 0.3) is 0 Å². The fraction of sp³-hybridized carbons (Fsp3) is 1.00.